The van der Waals surface area contributed by atoms with E-state index in [-0.39, 0.29) is 61.9 Å². The van der Waals surface area contributed by atoms with Gasteiger partial charge in [0, 0.05) is 41.0 Å². The third-order valence-electron chi connectivity index (χ3n) is 10.7. The van der Waals surface area contributed by atoms with Gasteiger partial charge in [0.1, 0.15) is 34.4 Å². The third kappa shape index (κ3) is 8.03. The SMILES string of the molecule is COC(=O)[C@H]1[C@H](O)[C@@H](C)[C@@H](O)[C@@](C)(O)C=C(C)C2=C3C(=C(C)C(=O)c4c(O)c(c(C)c(OC(C)=O)c43)NC(=O)C(C)=CC=C[C@@](C)(O)[C@@H](O)[C@@H](C)[C@H]1O)OCO2. The van der Waals surface area contributed by atoms with Crippen LogP contribution in [0.4, 0.5) is 5.69 Å². The number of aromatic hydroxyl groups is 1. The number of phenolic OH excluding ortho intramolecular Hbond substituents is 1. The van der Waals surface area contributed by atoms with Crippen molar-refractivity contribution < 1.29 is 73.9 Å². The van der Waals surface area contributed by atoms with E-state index in [1.54, 1.807) is 0 Å². The second-order valence-electron chi connectivity index (χ2n) is 15.0. The molecule has 3 aliphatic heterocycles. The van der Waals surface area contributed by atoms with Crippen molar-refractivity contribution >= 4 is 34.9 Å². The summed E-state index contributed by atoms with van der Waals surface area (Å²) in [6.45, 7) is 11.5. The number of carbonyl (C=O) groups is 4. The number of anilines is 1. The Kier molecular flexibility index (Phi) is 12.8. The monoisotopic (exact) mass is 785 g/mol. The fourth-order valence-electron chi connectivity index (χ4n) is 7.31. The molecule has 0 radical (unpaired) electrons. The molecule has 1 amide bonds. The molecule has 8 N–H and O–H groups in total. The molecule has 306 valence electrons. The Balaban J connectivity index is 2.08. The first-order valence-electron chi connectivity index (χ1n) is 17.9. The van der Waals surface area contributed by atoms with Crippen molar-refractivity contribution in [3.05, 3.63) is 69.2 Å². The molecule has 9 atom stereocenters. The molecule has 1 aromatic carbocycles. The molecule has 16 nitrogen and oxygen atoms in total. The maximum atomic E-state index is 14.0. The van der Waals surface area contributed by atoms with Crippen LogP contribution in [0.15, 0.2) is 52.5 Å². The number of amides is 1. The van der Waals surface area contributed by atoms with Gasteiger partial charge < -0.3 is 60.0 Å². The number of methoxy groups -OCH3 is 1. The molecular weight excluding hydrogens is 734 g/mol. The zero-order chi connectivity index (χ0) is 42.4. The maximum absolute atomic E-state index is 14.0. The highest BCUT2D eigenvalue weighted by Gasteiger charge is 2.48. The second-order valence-corrected chi connectivity index (χ2v) is 15.0. The Morgan fingerprint density at radius 2 is 1.43 bits per heavy atom. The molecule has 3 heterocycles. The summed E-state index contributed by atoms with van der Waals surface area (Å²) in [6.07, 6.45) is -2.56. The smallest absolute Gasteiger partial charge is 0.313 e. The average Bonchev–Trinajstić information content (AvgIpc) is 3.13. The third-order valence-corrected chi connectivity index (χ3v) is 10.7. The predicted molar refractivity (Wildman–Crippen MR) is 200 cm³/mol. The van der Waals surface area contributed by atoms with Gasteiger partial charge in [0.2, 0.25) is 6.79 Å². The highest BCUT2D eigenvalue weighted by atomic mass is 16.7. The molecule has 16 heteroatoms. The number of rotatable bonds is 2. The summed E-state index contributed by atoms with van der Waals surface area (Å²) in [6, 6.07) is 0. The maximum Gasteiger partial charge on any atom is 0.313 e. The molecule has 1 aromatic rings. The summed E-state index contributed by atoms with van der Waals surface area (Å²) >= 11 is 0. The Morgan fingerprint density at radius 1 is 0.875 bits per heavy atom. The van der Waals surface area contributed by atoms with E-state index >= 15 is 0 Å². The number of hydrogen-bond donors (Lipinski definition) is 8. The Morgan fingerprint density at radius 3 is 1.98 bits per heavy atom. The minimum Gasteiger partial charge on any atom is -0.505 e. The Bertz CT molecular complexity index is 1970. The molecule has 0 saturated heterocycles. The van der Waals surface area contributed by atoms with Crippen molar-refractivity contribution in [3.63, 3.8) is 0 Å². The van der Waals surface area contributed by atoms with Crippen molar-refractivity contribution in [2.24, 2.45) is 17.8 Å². The number of carbonyl (C=O) groups excluding carboxylic acids is 4. The molecule has 0 saturated carbocycles. The lowest BCUT2D eigenvalue weighted by molar-refractivity contribution is -0.171. The number of allylic oxidation sites excluding steroid dienone is 5. The summed E-state index contributed by atoms with van der Waals surface area (Å²) in [5.74, 6) is -8.84. The molecule has 4 aliphatic rings. The van der Waals surface area contributed by atoms with Crippen LogP contribution in [0, 0.1) is 24.7 Å². The number of aliphatic hydroxyl groups is 6. The summed E-state index contributed by atoms with van der Waals surface area (Å²) in [5.41, 5.74) is -4.84. The molecule has 0 fully saturated rings. The lowest BCUT2D eigenvalue weighted by atomic mass is 9.74. The van der Waals surface area contributed by atoms with Gasteiger partial charge in [-0.15, -0.1) is 0 Å². The van der Waals surface area contributed by atoms with Gasteiger partial charge in [0.05, 0.1) is 48.3 Å². The van der Waals surface area contributed by atoms with Crippen LogP contribution in [0.25, 0.3) is 5.57 Å². The van der Waals surface area contributed by atoms with Crippen molar-refractivity contribution in [1.29, 1.82) is 0 Å². The van der Waals surface area contributed by atoms with Gasteiger partial charge in [-0.05, 0) is 53.2 Å². The lowest BCUT2D eigenvalue weighted by Gasteiger charge is -2.40. The van der Waals surface area contributed by atoms with E-state index in [1.165, 1.54) is 73.6 Å². The number of nitrogens with one attached hydrogen (secondary N) is 1. The first-order valence-corrected chi connectivity index (χ1v) is 17.9. The number of phenols is 1. The molecule has 4 bridgehead atoms. The fraction of sp³-hybridized carbons (Fsp3) is 0.500. The van der Waals surface area contributed by atoms with Gasteiger partial charge in [0.15, 0.2) is 11.5 Å². The van der Waals surface area contributed by atoms with E-state index in [9.17, 15) is 54.9 Å². The number of ether oxygens (including phenoxy) is 4. The van der Waals surface area contributed by atoms with Crippen LogP contribution in [-0.2, 0) is 28.6 Å². The average molecular weight is 786 g/mol. The van der Waals surface area contributed by atoms with Crippen molar-refractivity contribution in [2.45, 2.75) is 97.9 Å². The quantitative estimate of drug-likeness (QED) is 0.122. The lowest BCUT2D eigenvalue weighted by Crippen LogP contribution is -2.54. The van der Waals surface area contributed by atoms with Crippen LogP contribution < -0.4 is 10.1 Å². The molecule has 1 aliphatic carbocycles. The van der Waals surface area contributed by atoms with E-state index < -0.39 is 89.5 Å². The zero-order valence-corrected chi connectivity index (χ0v) is 33.0. The number of ketones is 1. The van der Waals surface area contributed by atoms with Crippen LogP contribution in [0.2, 0.25) is 0 Å². The number of benzene rings is 1. The zero-order valence-electron chi connectivity index (χ0n) is 33.0. The first-order chi connectivity index (χ1) is 25.9. The summed E-state index contributed by atoms with van der Waals surface area (Å²) in [7, 11) is 1.01. The molecular formula is C40H51NO15. The number of Topliss-reactive ketones (excluding diaryl/α,β-unsaturated/α-hetero) is 1. The van der Waals surface area contributed by atoms with Gasteiger partial charge in [-0.1, -0.05) is 32.1 Å². The number of fused-ring (bicyclic) bond motifs is 14. The van der Waals surface area contributed by atoms with Gasteiger partial charge in [-0.3, -0.25) is 19.2 Å². The normalized spacial score (nSPS) is 31.8. The summed E-state index contributed by atoms with van der Waals surface area (Å²) < 4.78 is 22.2. The standard InChI is InChI=1S/C40H51NO15/c1-16-12-11-13-39(8,51)35(47)20(5)29(44)26(38(50)53-10)30(45)21(6)36(48)40(9,52)14-17(2)32-25-23-24(28(43)19(4)33(25)55-15-54-32)31(46)27(41-37(16)49)18(3)34(23)56-22(7)42/h11-14,20-21,26,29-30,35-36,44-48,51-52H,15H2,1-10H3,(H,41,49)/t20-,21+,26+,29+,30+,35-,36+,39+,40-/m0/s1. The summed E-state index contributed by atoms with van der Waals surface area (Å²) in [5, 5.41) is 82.9. The van der Waals surface area contributed by atoms with E-state index in [0.29, 0.717) is 0 Å². The Hall–Kier alpha value is -4.84. The van der Waals surface area contributed by atoms with Gasteiger partial charge >= 0.3 is 11.9 Å². The van der Waals surface area contributed by atoms with Gasteiger partial charge in [0.25, 0.3) is 5.91 Å². The van der Waals surface area contributed by atoms with Crippen molar-refractivity contribution in [1.82, 2.24) is 0 Å². The highest BCUT2D eigenvalue weighted by molar-refractivity contribution is 6.21. The highest BCUT2D eigenvalue weighted by Crippen LogP contribution is 2.53. The predicted octanol–water partition coefficient (Wildman–Crippen LogP) is 2.22. The second kappa shape index (κ2) is 16.3. The number of esters is 2. The largest absolute Gasteiger partial charge is 0.505 e. The van der Waals surface area contributed by atoms with Gasteiger partial charge in [-0.2, -0.15) is 0 Å². The van der Waals surface area contributed by atoms with E-state index in [0.717, 1.165) is 20.1 Å². The van der Waals surface area contributed by atoms with Crippen LogP contribution >= 0.6 is 0 Å². The molecule has 5 rings (SSSR count). The summed E-state index contributed by atoms with van der Waals surface area (Å²) in [4.78, 5) is 53.1. The van der Waals surface area contributed by atoms with Crippen LogP contribution in [0.3, 0.4) is 0 Å². The van der Waals surface area contributed by atoms with Crippen molar-refractivity contribution in [2.75, 3.05) is 19.2 Å². The van der Waals surface area contributed by atoms with Crippen molar-refractivity contribution in [3.8, 4) is 11.5 Å². The van der Waals surface area contributed by atoms with E-state index in [1.807, 2.05) is 0 Å². The molecule has 0 unspecified atom stereocenters. The Labute approximate surface area is 324 Å². The van der Waals surface area contributed by atoms with Crippen LogP contribution in [0.5, 0.6) is 11.5 Å². The van der Waals surface area contributed by atoms with Gasteiger partial charge in [-0.25, -0.2) is 0 Å². The number of aliphatic hydroxyl groups excluding tert-OH is 4. The van der Waals surface area contributed by atoms with Crippen LogP contribution in [0.1, 0.15) is 76.9 Å². The topological polar surface area (TPSA) is 259 Å². The van der Waals surface area contributed by atoms with E-state index in [2.05, 4.69) is 5.32 Å². The van der Waals surface area contributed by atoms with E-state index in [4.69, 9.17) is 18.9 Å². The molecule has 0 spiro atoms. The molecule has 56 heavy (non-hydrogen) atoms. The fourth-order valence-corrected chi connectivity index (χ4v) is 7.31. The molecule has 0 aromatic heterocycles. The first kappa shape index (κ1) is 43.9. The van der Waals surface area contributed by atoms with Crippen LogP contribution in [-0.4, -0.2) is 109 Å². The number of hydrogen-bond acceptors (Lipinski definition) is 15. The minimum absolute atomic E-state index is 0.00246. The minimum atomic E-state index is -2.22.